The lowest BCUT2D eigenvalue weighted by Gasteiger charge is -1.99. The second-order valence-electron chi connectivity index (χ2n) is 1.43. The molecule has 0 unspecified atom stereocenters. The topological polar surface area (TPSA) is 72.5 Å². The highest BCUT2D eigenvalue weighted by molar-refractivity contribution is 7.86. The first-order valence-electron chi connectivity index (χ1n) is 2.66. The normalized spacial score (nSPS) is 10.9. The van der Waals surface area contributed by atoms with Gasteiger partial charge in [-0.25, -0.2) is 0 Å². The minimum Gasteiger partial charge on any atom is -0.343 e. The van der Waals surface area contributed by atoms with Crippen LogP contribution >= 0.6 is 0 Å². The fourth-order valence-corrected chi connectivity index (χ4v) is 1.07. The molecule has 0 aromatic rings. The molecule has 0 fully saturated rings. The molecule has 10 heavy (non-hydrogen) atoms. The zero-order chi connectivity index (χ0) is 8.04. The minimum atomic E-state index is -3.54. The van der Waals surface area contributed by atoms with Gasteiger partial charge in [0.15, 0.2) is 0 Å². The van der Waals surface area contributed by atoms with Gasteiger partial charge in [0, 0.05) is 0 Å². The van der Waals surface area contributed by atoms with Crippen LogP contribution in [0.15, 0.2) is 0 Å². The van der Waals surface area contributed by atoms with Gasteiger partial charge in [-0.15, -0.1) is 0 Å². The van der Waals surface area contributed by atoms with E-state index in [0.717, 1.165) is 0 Å². The molecule has 0 bridgehead atoms. The first kappa shape index (κ1) is 9.38. The van der Waals surface area contributed by atoms with E-state index in [9.17, 15) is 13.2 Å². The van der Waals surface area contributed by atoms with Crippen LogP contribution in [-0.2, 0) is 19.1 Å². The molecule has 0 aliphatic heterocycles. The fraction of sp³-hybridized carbons (Fsp3) is 0.750. The molecule has 0 saturated carbocycles. The number of hydrogen-bond acceptors (Lipinski definition) is 4. The maximum atomic E-state index is 10.5. The van der Waals surface area contributed by atoms with Crippen LogP contribution in [0.4, 0.5) is 0 Å². The Balaban J connectivity index is 3.76. The molecule has 0 atom stereocenters. The molecule has 0 radical (unpaired) electrons. The Kier molecular flexibility index (Phi) is 3.97. The molecular weight excluding hydrogens is 158 g/mol. The van der Waals surface area contributed by atoms with Crippen LogP contribution in [-0.4, -0.2) is 27.3 Å². The van der Waals surface area contributed by atoms with Gasteiger partial charge in [-0.3, -0.25) is 8.98 Å². The van der Waals surface area contributed by atoms with Gasteiger partial charge in [-0.05, 0) is 6.92 Å². The molecular formula is C4H9NO4S. The summed E-state index contributed by atoms with van der Waals surface area (Å²) in [7, 11) is -3.54. The van der Waals surface area contributed by atoms with E-state index in [0.29, 0.717) is 6.41 Å². The van der Waals surface area contributed by atoms with Gasteiger partial charge in [0.05, 0.1) is 6.61 Å². The monoisotopic (exact) mass is 167 g/mol. The predicted octanol–water partition coefficient (Wildman–Crippen LogP) is -0.944. The maximum Gasteiger partial charge on any atom is 0.285 e. The summed E-state index contributed by atoms with van der Waals surface area (Å²) in [5.41, 5.74) is 0. The van der Waals surface area contributed by atoms with E-state index in [2.05, 4.69) is 4.18 Å². The molecule has 0 saturated heterocycles. The van der Waals surface area contributed by atoms with E-state index >= 15 is 0 Å². The van der Waals surface area contributed by atoms with Crippen LogP contribution in [0, 0.1) is 0 Å². The molecule has 5 nitrogen and oxygen atoms in total. The van der Waals surface area contributed by atoms with Crippen molar-refractivity contribution < 1.29 is 17.4 Å². The molecule has 0 aliphatic carbocycles. The van der Waals surface area contributed by atoms with E-state index in [-0.39, 0.29) is 6.61 Å². The van der Waals surface area contributed by atoms with Gasteiger partial charge in [-0.1, -0.05) is 0 Å². The maximum absolute atomic E-state index is 10.5. The van der Waals surface area contributed by atoms with Crippen molar-refractivity contribution >= 4 is 16.5 Å². The van der Waals surface area contributed by atoms with E-state index in [4.69, 9.17) is 0 Å². The number of nitrogens with one attached hydrogen (secondary N) is 1. The highest BCUT2D eigenvalue weighted by Crippen LogP contribution is 1.87. The lowest BCUT2D eigenvalue weighted by Crippen LogP contribution is -2.23. The smallest absolute Gasteiger partial charge is 0.285 e. The molecule has 1 N–H and O–H groups in total. The third-order valence-electron chi connectivity index (χ3n) is 0.641. The van der Waals surface area contributed by atoms with Crippen molar-refractivity contribution in [3.63, 3.8) is 0 Å². The highest BCUT2D eigenvalue weighted by Gasteiger charge is 2.07. The third-order valence-corrected chi connectivity index (χ3v) is 1.76. The molecule has 0 spiro atoms. The Bertz CT molecular complexity index is 185. The summed E-state index contributed by atoms with van der Waals surface area (Å²) in [6.07, 6.45) is 0.302. The SMILES string of the molecule is CCOS(=O)(=O)CNC=O. The summed E-state index contributed by atoms with van der Waals surface area (Å²) in [5, 5.41) is 1.98. The molecule has 0 heterocycles. The van der Waals surface area contributed by atoms with Crippen molar-refractivity contribution in [2.75, 3.05) is 12.5 Å². The Labute approximate surface area is 59.5 Å². The predicted molar refractivity (Wildman–Crippen MR) is 34.6 cm³/mol. The van der Waals surface area contributed by atoms with Crippen LogP contribution in [0.25, 0.3) is 0 Å². The van der Waals surface area contributed by atoms with Crippen molar-refractivity contribution in [3.05, 3.63) is 0 Å². The van der Waals surface area contributed by atoms with Crippen LogP contribution < -0.4 is 5.32 Å². The van der Waals surface area contributed by atoms with Crippen molar-refractivity contribution in [1.29, 1.82) is 0 Å². The summed E-state index contributed by atoms with van der Waals surface area (Å²) in [5.74, 6) is -0.468. The van der Waals surface area contributed by atoms with Gasteiger partial charge < -0.3 is 5.32 Å². The lowest BCUT2D eigenvalue weighted by atomic mass is 10.9. The number of carbonyl (C=O) groups excluding carboxylic acids is 1. The highest BCUT2D eigenvalue weighted by atomic mass is 32.2. The van der Waals surface area contributed by atoms with Crippen LogP contribution in [0.3, 0.4) is 0 Å². The Morgan fingerprint density at radius 3 is 2.60 bits per heavy atom. The summed E-state index contributed by atoms with van der Waals surface area (Å²) >= 11 is 0. The van der Waals surface area contributed by atoms with Crippen molar-refractivity contribution in [2.45, 2.75) is 6.92 Å². The average molecular weight is 167 g/mol. The zero-order valence-electron chi connectivity index (χ0n) is 5.53. The fourth-order valence-electron chi connectivity index (χ4n) is 0.357. The Morgan fingerprint density at radius 2 is 2.20 bits per heavy atom. The Hall–Kier alpha value is -0.620. The number of carbonyl (C=O) groups is 1. The molecule has 0 aromatic carbocycles. The standard InChI is InChI=1S/C4H9NO4S/c1-2-9-10(7,8)4-5-3-6/h3H,2,4H2,1H3,(H,5,6). The van der Waals surface area contributed by atoms with E-state index in [1.807, 2.05) is 5.32 Å². The van der Waals surface area contributed by atoms with Crippen LogP contribution in [0.5, 0.6) is 0 Å². The van der Waals surface area contributed by atoms with Gasteiger partial charge >= 0.3 is 0 Å². The minimum absolute atomic E-state index is 0.0862. The largest absolute Gasteiger partial charge is 0.343 e. The molecule has 60 valence electrons. The van der Waals surface area contributed by atoms with Crippen molar-refractivity contribution in [3.8, 4) is 0 Å². The van der Waals surface area contributed by atoms with Crippen LogP contribution in [0.2, 0.25) is 0 Å². The van der Waals surface area contributed by atoms with Gasteiger partial charge in [-0.2, -0.15) is 8.42 Å². The summed E-state index contributed by atoms with van der Waals surface area (Å²) in [6, 6.07) is 0. The quantitative estimate of drug-likeness (QED) is 0.423. The van der Waals surface area contributed by atoms with Crippen molar-refractivity contribution in [1.82, 2.24) is 5.32 Å². The second-order valence-corrected chi connectivity index (χ2v) is 3.07. The number of rotatable bonds is 5. The molecule has 0 aliphatic rings. The first-order valence-corrected chi connectivity index (χ1v) is 4.24. The second kappa shape index (κ2) is 4.24. The lowest BCUT2D eigenvalue weighted by molar-refractivity contribution is -0.109. The van der Waals surface area contributed by atoms with Crippen molar-refractivity contribution in [2.24, 2.45) is 0 Å². The van der Waals surface area contributed by atoms with E-state index in [1.54, 1.807) is 6.92 Å². The van der Waals surface area contributed by atoms with Crippen LogP contribution in [0.1, 0.15) is 6.92 Å². The molecule has 1 amide bonds. The average Bonchev–Trinajstić information content (AvgIpc) is 1.84. The third kappa shape index (κ3) is 4.28. The molecule has 6 heteroatoms. The summed E-state index contributed by atoms with van der Waals surface area (Å²) < 4.78 is 25.4. The summed E-state index contributed by atoms with van der Waals surface area (Å²) in [6.45, 7) is 1.64. The van der Waals surface area contributed by atoms with E-state index in [1.165, 1.54) is 0 Å². The zero-order valence-corrected chi connectivity index (χ0v) is 6.35. The van der Waals surface area contributed by atoms with Gasteiger partial charge in [0.1, 0.15) is 5.88 Å². The van der Waals surface area contributed by atoms with Gasteiger partial charge in [0.2, 0.25) is 6.41 Å². The first-order chi connectivity index (χ1) is 4.62. The number of hydrogen-bond donors (Lipinski definition) is 1. The number of amides is 1. The molecule has 0 rings (SSSR count). The van der Waals surface area contributed by atoms with Gasteiger partial charge in [0.25, 0.3) is 10.1 Å². The summed E-state index contributed by atoms with van der Waals surface area (Å²) in [4.78, 5) is 9.62. The van der Waals surface area contributed by atoms with E-state index < -0.39 is 16.0 Å². The Morgan fingerprint density at radius 1 is 1.60 bits per heavy atom. The molecule has 0 aromatic heterocycles.